The second-order valence-electron chi connectivity index (χ2n) is 1.96. The van der Waals surface area contributed by atoms with Crippen LogP contribution in [0.2, 0.25) is 5.15 Å². The molecule has 0 spiro atoms. The summed E-state index contributed by atoms with van der Waals surface area (Å²) in [5, 5.41) is -0.669. The lowest BCUT2D eigenvalue weighted by Gasteiger charge is -2.09. The van der Waals surface area contributed by atoms with E-state index in [2.05, 4.69) is 9.72 Å². The van der Waals surface area contributed by atoms with Crippen LogP contribution in [0.5, 0.6) is 5.75 Å². The van der Waals surface area contributed by atoms with Crippen molar-refractivity contribution in [3.8, 4) is 5.75 Å². The van der Waals surface area contributed by atoms with Crippen LogP contribution in [0.3, 0.4) is 0 Å². The van der Waals surface area contributed by atoms with E-state index >= 15 is 0 Å². The van der Waals surface area contributed by atoms with Gasteiger partial charge in [0.05, 0.1) is 0 Å². The highest BCUT2D eigenvalue weighted by Crippen LogP contribution is 2.30. The molecule has 1 rings (SSSR count). The molecule has 0 fully saturated rings. The van der Waals surface area contributed by atoms with Crippen LogP contribution < -0.4 is 4.74 Å². The molecule has 0 aliphatic carbocycles. The first-order valence-corrected chi connectivity index (χ1v) is 3.33. The summed E-state index contributed by atoms with van der Waals surface area (Å²) in [6.45, 7) is 0. The van der Waals surface area contributed by atoms with Gasteiger partial charge in [-0.1, -0.05) is 11.6 Å². The lowest BCUT2D eigenvalue weighted by molar-refractivity contribution is -0.275. The van der Waals surface area contributed by atoms with E-state index in [0.29, 0.717) is 6.07 Å². The maximum atomic E-state index is 12.6. The van der Waals surface area contributed by atoms with Crippen molar-refractivity contribution in [2.24, 2.45) is 0 Å². The fourth-order valence-electron chi connectivity index (χ4n) is 0.608. The number of aromatic nitrogens is 1. The molecule has 2 nitrogen and oxygen atoms in total. The van der Waals surface area contributed by atoms with E-state index in [1.54, 1.807) is 0 Å². The largest absolute Gasteiger partial charge is 0.573 e. The molecule has 0 unspecified atom stereocenters. The monoisotopic (exact) mass is 215 g/mol. The van der Waals surface area contributed by atoms with Crippen LogP contribution in [-0.4, -0.2) is 11.3 Å². The lowest BCUT2D eigenvalue weighted by Crippen LogP contribution is -2.18. The summed E-state index contributed by atoms with van der Waals surface area (Å²) >= 11 is 5.16. The van der Waals surface area contributed by atoms with Crippen LogP contribution in [0.4, 0.5) is 17.6 Å². The summed E-state index contributed by atoms with van der Waals surface area (Å²) < 4.78 is 50.8. The topological polar surface area (TPSA) is 22.1 Å². The molecule has 0 atom stereocenters. The van der Waals surface area contributed by atoms with Gasteiger partial charge in [0.2, 0.25) is 5.75 Å². The summed E-state index contributed by atoms with van der Waals surface area (Å²) in [5.41, 5.74) is 0. The van der Waals surface area contributed by atoms with Crippen LogP contribution in [0.25, 0.3) is 0 Å². The molecule has 0 aromatic carbocycles. The normalized spacial score (nSPS) is 11.5. The van der Waals surface area contributed by atoms with Crippen LogP contribution in [0, 0.1) is 5.82 Å². The van der Waals surface area contributed by atoms with Crippen LogP contribution in [0.1, 0.15) is 0 Å². The molecule has 13 heavy (non-hydrogen) atoms. The van der Waals surface area contributed by atoms with Crippen molar-refractivity contribution in [3.05, 3.63) is 23.2 Å². The zero-order valence-corrected chi connectivity index (χ0v) is 6.66. The molecule has 0 radical (unpaired) electrons. The molecule has 0 bridgehead atoms. The standard InChI is InChI=1S/C6H2ClF4NO/c7-5-4(13-6(9,10)11)3(8)1-2-12-5/h1-2H. The lowest BCUT2D eigenvalue weighted by atomic mass is 10.4. The van der Waals surface area contributed by atoms with E-state index in [9.17, 15) is 17.6 Å². The van der Waals surface area contributed by atoms with E-state index in [1.807, 2.05) is 0 Å². The summed E-state index contributed by atoms with van der Waals surface area (Å²) in [5.74, 6) is -2.33. The molecular formula is C6H2ClF4NO. The average molecular weight is 216 g/mol. The smallest absolute Gasteiger partial charge is 0.399 e. The van der Waals surface area contributed by atoms with Crippen molar-refractivity contribution in [3.63, 3.8) is 0 Å². The Morgan fingerprint density at radius 1 is 1.38 bits per heavy atom. The van der Waals surface area contributed by atoms with Crippen molar-refractivity contribution in [1.82, 2.24) is 4.98 Å². The second-order valence-corrected chi connectivity index (χ2v) is 2.32. The molecule has 1 aromatic rings. The van der Waals surface area contributed by atoms with Crippen molar-refractivity contribution >= 4 is 11.6 Å². The van der Waals surface area contributed by atoms with Gasteiger partial charge in [-0.05, 0) is 6.07 Å². The molecule has 72 valence electrons. The first-order valence-electron chi connectivity index (χ1n) is 2.96. The number of pyridine rings is 1. The zero-order chi connectivity index (χ0) is 10.1. The van der Waals surface area contributed by atoms with Crippen molar-refractivity contribution in [2.75, 3.05) is 0 Å². The number of hydrogen-bond donors (Lipinski definition) is 0. The Kier molecular flexibility index (Phi) is 2.60. The fraction of sp³-hybridized carbons (Fsp3) is 0.167. The molecule has 1 aromatic heterocycles. The Hall–Kier alpha value is -1.04. The predicted octanol–water partition coefficient (Wildman–Crippen LogP) is 2.77. The van der Waals surface area contributed by atoms with E-state index < -0.39 is 23.1 Å². The van der Waals surface area contributed by atoms with Gasteiger partial charge in [0.15, 0.2) is 11.0 Å². The van der Waals surface area contributed by atoms with Gasteiger partial charge in [-0.15, -0.1) is 13.2 Å². The van der Waals surface area contributed by atoms with E-state index in [1.165, 1.54) is 0 Å². The first-order chi connectivity index (χ1) is 5.90. The summed E-state index contributed by atoms with van der Waals surface area (Å²) in [7, 11) is 0. The molecule has 0 amide bonds. The van der Waals surface area contributed by atoms with Gasteiger partial charge in [-0.2, -0.15) is 0 Å². The predicted molar refractivity (Wildman–Crippen MR) is 35.9 cm³/mol. The van der Waals surface area contributed by atoms with Crippen molar-refractivity contribution < 1.29 is 22.3 Å². The minimum atomic E-state index is -4.98. The Balaban J connectivity index is 3.00. The minimum absolute atomic E-state index is 0.669. The Morgan fingerprint density at radius 2 is 2.00 bits per heavy atom. The third kappa shape index (κ3) is 2.73. The molecule has 0 aliphatic rings. The molecule has 0 N–H and O–H groups in total. The van der Waals surface area contributed by atoms with Gasteiger partial charge in [0.1, 0.15) is 0 Å². The molecule has 0 aliphatic heterocycles. The molecular weight excluding hydrogens is 214 g/mol. The van der Waals surface area contributed by atoms with Crippen molar-refractivity contribution in [2.45, 2.75) is 6.36 Å². The third-order valence-corrected chi connectivity index (χ3v) is 1.30. The Morgan fingerprint density at radius 3 is 2.46 bits per heavy atom. The van der Waals surface area contributed by atoms with Crippen LogP contribution >= 0.6 is 11.6 Å². The molecule has 0 saturated carbocycles. The maximum absolute atomic E-state index is 12.6. The first kappa shape index (κ1) is 10.0. The van der Waals surface area contributed by atoms with Gasteiger partial charge in [-0.25, -0.2) is 9.37 Å². The Bertz CT molecular complexity index is 294. The van der Waals surface area contributed by atoms with Gasteiger partial charge in [0, 0.05) is 6.20 Å². The van der Waals surface area contributed by atoms with Gasteiger partial charge in [0.25, 0.3) is 0 Å². The SMILES string of the molecule is Fc1ccnc(Cl)c1OC(F)(F)F. The maximum Gasteiger partial charge on any atom is 0.573 e. The van der Waals surface area contributed by atoms with Crippen molar-refractivity contribution in [1.29, 1.82) is 0 Å². The summed E-state index contributed by atoms with van der Waals surface area (Å²) in [6.07, 6.45) is -4.05. The average Bonchev–Trinajstić information content (AvgIpc) is 1.95. The van der Waals surface area contributed by atoms with Crippen LogP contribution in [-0.2, 0) is 0 Å². The quantitative estimate of drug-likeness (QED) is 0.531. The second kappa shape index (κ2) is 3.37. The third-order valence-electron chi connectivity index (χ3n) is 1.03. The highest BCUT2D eigenvalue weighted by Gasteiger charge is 2.33. The van der Waals surface area contributed by atoms with E-state index in [-0.39, 0.29) is 0 Å². The van der Waals surface area contributed by atoms with Gasteiger partial charge >= 0.3 is 6.36 Å². The fourth-order valence-corrected chi connectivity index (χ4v) is 0.793. The molecule has 7 heteroatoms. The minimum Gasteiger partial charge on any atom is -0.399 e. The number of alkyl halides is 3. The van der Waals surface area contributed by atoms with E-state index in [4.69, 9.17) is 11.6 Å². The number of rotatable bonds is 1. The number of ether oxygens (including phenoxy) is 1. The summed E-state index contributed by atoms with van der Waals surface area (Å²) in [4.78, 5) is 3.22. The number of hydrogen-bond acceptors (Lipinski definition) is 2. The Labute approximate surface area is 75.1 Å². The number of halogens is 5. The highest BCUT2D eigenvalue weighted by atomic mass is 35.5. The summed E-state index contributed by atoms with van der Waals surface area (Å²) in [6, 6.07) is 0.715. The highest BCUT2D eigenvalue weighted by molar-refractivity contribution is 6.30. The van der Waals surface area contributed by atoms with Crippen LogP contribution in [0.15, 0.2) is 12.3 Å². The molecule has 1 heterocycles. The van der Waals surface area contributed by atoms with E-state index in [0.717, 1.165) is 6.20 Å². The number of nitrogens with zero attached hydrogens (tertiary/aromatic N) is 1. The molecule has 0 saturated heterocycles. The van der Waals surface area contributed by atoms with Gasteiger partial charge < -0.3 is 4.74 Å². The van der Waals surface area contributed by atoms with Gasteiger partial charge in [-0.3, -0.25) is 0 Å². The zero-order valence-electron chi connectivity index (χ0n) is 5.90.